The highest BCUT2D eigenvalue weighted by atomic mass is 16.5. The highest BCUT2D eigenvalue weighted by molar-refractivity contribution is 5.61. The average Bonchev–Trinajstić information content (AvgIpc) is 3.19. The molecule has 1 N–H and O–H groups in total. The minimum atomic E-state index is -0.0219. The third kappa shape index (κ3) is 3.26. The first-order valence-electron chi connectivity index (χ1n) is 7.43. The second-order valence-electron chi connectivity index (χ2n) is 5.25. The van der Waals surface area contributed by atoms with E-state index < -0.39 is 0 Å². The molecule has 0 amide bonds. The summed E-state index contributed by atoms with van der Waals surface area (Å²) in [7, 11) is 1.66. The third-order valence-electron chi connectivity index (χ3n) is 3.54. The zero-order valence-corrected chi connectivity index (χ0v) is 12.8. The molecule has 0 aliphatic carbocycles. The maximum Gasteiger partial charge on any atom is 0.223 e. The van der Waals surface area contributed by atoms with Crippen molar-refractivity contribution in [2.24, 2.45) is 0 Å². The summed E-state index contributed by atoms with van der Waals surface area (Å²) in [6.45, 7) is 3.90. The van der Waals surface area contributed by atoms with E-state index in [1.54, 1.807) is 13.3 Å². The molecule has 3 rings (SSSR count). The van der Waals surface area contributed by atoms with Crippen LogP contribution in [0.4, 0.5) is 5.95 Å². The van der Waals surface area contributed by atoms with Crippen LogP contribution in [-0.2, 0) is 9.47 Å². The zero-order valence-electron chi connectivity index (χ0n) is 12.8. The van der Waals surface area contributed by atoms with Gasteiger partial charge in [0, 0.05) is 32.5 Å². The Morgan fingerprint density at radius 1 is 1.45 bits per heavy atom. The zero-order chi connectivity index (χ0) is 15.4. The van der Waals surface area contributed by atoms with Gasteiger partial charge < -0.3 is 19.3 Å². The number of aromatic nitrogens is 3. The Morgan fingerprint density at radius 2 is 2.36 bits per heavy atom. The molecule has 0 bridgehead atoms. The normalized spacial score (nSPS) is 17.8. The second kappa shape index (κ2) is 6.85. The molecular weight excluding hydrogens is 284 g/mol. The van der Waals surface area contributed by atoms with Crippen LogP contribution in [0, 0.1) is 6.92 Å². The van der Waals surface area contributed by atoms with Crippen LogP contribution in [0.2, 0.25) is 0 Å². The molecule has 1 atom stereocenters. The predicted octanol–water partition coefficient (Wildman–Crippen LogP) is 2.35. The van der Waals surface area contributed by atoms with Crippen LogP contribution in [0.25, 0.3) is 11.3 Å². The summed E-state index contributed by atoms with van der Waals surface area (Å²) in [6.07, 6.45) is 3.73. The van der Waals surface area contributed by atoms with Crippen molar-refractivity contribution >= 4 is 5.95 Å². The smallest absolute Gasteiger partial charge is 0.223 e. The molecule has 0 radical (unpaired) electrons. The molecule has 0 saturated carbocycles. The second-order valence-corrected chi connectivity index (χ2v) is 5.25. The van der Waals surface area contributed by atoms with E-state index >= 15 is 0 Å². The molecule has 2 aromatic rings. The van der Waals surface area contributed by atoms with Crippen LogP contribution in [0.3, 0.4) is 0 Å². The highest BCUT2D eigenvalue weighted by Gasteiger charge is 2.25. The van der Waals surface area contributed by atoms with E-state index in [4.69, 9.17) is 14.0 Å². The molecule has 22 heavy (non-hydrogen) atoms. The largest absolute Gasteiger partial charge is 0.383 e. The van der Waals surface area contributed by atoms with E-state index in [0.717, 1.165) is 36.4 Å². The molecule has 3 heterocycles. The van der Waals surface area contributed by atoms with Crippen molar-refractivity contribution in [2.45, 2.75) is 25.9 Å². The molecule has 1 aliphatic heterocycles. The third-order valence-corrected chi connectivity index (χ3v) is 3.54. The van der Waals surface area contributed by atoms with Crippen molar-refractivity contribution in [3.8, 4) is 11.3 Å². The van der Waals surface area contributed by atoms with Gasteiger partial charge in [-0.15, -0.1) is 0 Å². The summed E-state index contributed by atoms with van der Waals surface area (Å²) in [4.78, 5) is 8.97. The van der Waals surface area contributed by atoms with Crippen molar-refractivity contribution in [3.05, 3.63) is 23.7 Å². The fourth-order valence-electron chi connectivity index (χ4n) is 2.46. The van der Waals surface area contributed by atoms with E-state index in [-0.39, 0.29) is 6.10 Å². The van der Waals surface area contributed by atoms with Crippen LogP contribution in [0.15, 0.2) is 16.8 Å². The summed E-state index contributed by atoms with van der Waals surface area (Å²) in [6, 6.07) is 1.88. The molecule has 118 valence electrons. The van der Waals surface area contributed by atoms with Crippen LogP contribution < -0.4 is 5.32 Å². The lowest BCUT2D eigenvalue weighted by Crippen LogP contribution is -2.12. The van der Waals surface area contributed by atoms with Gasteiger partial charge in [0.2, 0.25) is 5.95 Å². The average molecular weight is 304 g/mol. The van der Waals surface area contributed by atoms with Gasteiger partial charge in [-0.05, 0) is 19.8 Å². The van der Waals surface area contributed by atoms with Crippen LogP contribution in [-0.4, -0.2) is 42.0 Å². The number of hydrogen-bond acceptors (Lipinski definition) is 7. The number of anilines is 1. The lowest BCUT2D eigenvalue weighted by atomic mass is 10.1. The van der Waals surface area contributed by atoms with Gasteiger partial charge >= 0.3 is 0 Å². The number of ether oxygens (including phenoxy) is 2. The van der Waals surface area contributed by atoms with Gasteiger partial charge in [0.25, 0.3) is 0 Å². The maximum absolute atomic E-state index is 5.78. The molecule has 0 unspecified atom stereocenters. The van der Waals surface area contributed by atoms with Gasteiger partial charge in [0.1, 0.15) is 6.10 Å². The predicted molar refractivity (Wildman–Crippen MR) is 80.6 cm³/mol. The van der Waals surface area contributed by atoms with Gasteiger partial charge in [0.15, 0.2) is 5.76 Å². The summed E-state index contributed by atoms with van der Waals surface area (Å²) < 4.78 is 16.2. The van der Waals surface area contributed by atoms with Crippen LogP contribution >= 0.6 is 0 Å². The van der Waals surface area contributed by atoms with Crippen molar-refractivity contribution in [3.63, 3.8) is 0 Å². The minimum absolute atomic E-state index is 0.0219. The SMILES string of the molecule is COCCNc1ncc(-c2cc(C)no2)c([C@H]2CCCO2)n1. The summed E-state index contributed by atoms with van der Waals surface area (Å²) in [5.74, 6) is 1.24. The number of methoxy groups -OCH3 is 1. The maximum atomic E-state index is 5.78. The standard InChI is InChI=1S/C15H20N4O3/c1-10-8-13(22-19-10)11-9-17-15(16-5-7-20-2)18-14(11)12-4-3-6-21-12/h8-9,12H,3-7H2,1-2H3,(H,16,17,18)/t12-/m1/s1. The van der Waals surface area contributed by atoms with Crippen molar-refractivity contribution in [2.75, 3.05) is 32.2 Å². The number of nitrogens with one attached hydrogen (secondary N) is 1. The molecule has 1 saturated heterocycles. The van der Waals surface area contributed by atoms with Gasteiger partial charge in [-0.1, -0.05) is 5.16 Å². The van der Waals surface area contributed by atoms with E-state index in [1.807, 2.05) is 13.0 Å². The first-order chi connectivity index (χ1) is 10.8. The van der Waals surface area contributed by atoms with Crippen LogP contribution in [0.5, 0.6) is 0 Å². The molecule has 7 nitrogen and oxygen atoms in total. The molecule has 1 aliphatic rings. The summed E-state index contributed by atoms with van der Waals surface area (Å²) >= 11 is 0. The first kappa shape index (κ1) is 14.9. The fourth-order valence-corrected chi connectivity index (χ4v) is 2.46. The van der Waals surface area contributed by atoms with Gasteiger partial charge in [-0.3, -0.25) is 0 Å². The minimum Gasteiger partial charge on any atom is -0.383 e. The van der Waals surface area contributed by atoms with E-state index in [0.29, 0.717) is 24.9 Å². The Morgan fingerprint density at radius 3 is 3.05 bits per heavy atom. The Kier molecular flexibility index (Phi) is 4.65. The number of aryl methyl sites for hydroxylation is 1. The monoisotopic (exact) mass is 304 g/mol. The Labute approximate surface area is 129 Å². The Balaban J connectivity index is 1.90. The van der Waals surface area contributed by atoms with E-state index in [9.17, 15) is 0 Å². The fraction of sp³-hybridized carbons (Fsp3) is 0.533. The molecule has 1 fully saturated rings. The van der Waals surface area contributed by atoms with Gasteiger partial charge in [-0.2, -0.15) is 0 Å². The topological polar surface area (TPSA) is 82.3 Å². The van der Waals surface area contributed by atoms with E-state index in [1.165, 1.54) is 0 Å². The highest BCUT2D eigenvalue weighted by Crippen LogP contribution is 2.34. The van der Waals surface area contributed by atoms with Crippen molar-refractivity contribution in [1.29, 1.82) is 0 Å². The summed E-state index contributed by atoms with van der Waals surface area (Å²) in [5, 5.41) is 7.08. The quantitative estimate of drug-likeness (QED) is 0.820. The van der Waals surface area contributed by atoms with Gasteiger partial charge in [-0.25, -0.2) is 9.97 Å². The lowest BCUT2D eigenvalue weighted by molar-refractivity contribution is 0.109. The van der Waals surface area contributed by atoms with Gasteiger partial charge in [0.05, 0.1) is 23.6 Å². The van der Waals surface area contributed by atoms with Crippen molar-refractivity contribution in [1.82, 2.24) is 15.1 Å². The summed E-state index contributed by atoms with van der Waals surface area (Å²) in [5.41, 5.74) is 2.52. The number of rotatable bonds is 6. The molecule has 7 heteroatoms. The van der Waals surface area contributed by atoms with E-state index in [2.05, 4.69) is 20.4 Å². The Hall–Kier alpha value is -1.99. The van der Waals surface area contributed by atoms with Crippen molar-refractivity contribution < 1.29 is 14.0 Å². The molecule has 0 spiro atoms. The Bertz CT molecular complexity index is 623. The van der Waals surface area contributed by atoms with Crippen LogP contribution in [0.1, 0.15) is 30.3 Å². The number of hydrogen-bond donors (Lipinski definition) is 1. The molecule has 2 aromatic heterocycles. The first-order valence-corrected chi connectivity index (χ1v) is 7.43. The molecule has 0 aromatic carbocycles. The lowest BCUT2D eigenvalue weighted by Gasteiger charge is -2.14. The molecular formula is C15H20N4O3. The number of nitrogens with zero attached hydrogens (tertiary/aromatic N) is 3.